The van der Waals surface area contributed by atoms with Crippen molar-refractivity contribution in [3.05, 3.63) is 29.8 Å². The van der Waals surface area contributed by atoms with E-state index in [1.807, 2.05) is 46.8 Å². The number of carbonyl (C=O) groups is 2. The first-order chi connectivity index (χ1) is 10.7. The minimum atomic E-state index is -0.705. The lowest BCUT2D eigenvalue weighted by molar-refractivity contribution is -0.136. The van der Waals surface area contributed by atoms with Gasteiger partial charge in [-0.2, -0.15) is 0 Å². The van der Waals surface area contributed by atoms with E-state index in [1.54, 1.807) is 12.1 Å². The van der Waals surface area contributed by atoms with E-state index < -0.39 is 23.3 Å². The van der Waals surface area contributed by atoms with Gasteiger partial charge in [0, 0.05) is 17.6 Å². The van der Waals surface area contributed by atoms with Crippen LogP contribution in [0.1, 0.15) is 40.2 Å². The van der Waals surface area contributed by atoms with E-state index in [4.69, 9.17) is 0 Å². The summed E-state index contributed by atoms with van der Waals surface area (Å²) in [5.74, 6) is -1.33. The highest BCUT2D eigenvalue weighted by Gasteiger charge is 2.31. The first kappa shape index (κ1) is 19.2. The van der Waals surface area contributed by atoms with Crippen LogP contribution in [0.15, 0.2) is 24.3 Å². The predicted octanol–water partition coefficient (Wildman–Crippen LogP) is 2.35. The van der Waals surface area contributed by atoms with E-state index in [2.05, 4.69) is 10.6 Å². The van der Waals surface area contributed by atoms with Crippen LogP contribution in [0.4, 0.5) is 5.69 Å². The van der Waals surface area contributed by atoms with Gasteiger partial charge in [-0.15, -0.1) is 0 Å². The van der Waals surface area contributed by atoms with E-state index in [0.29, 0.717) is 5.69 Å². The molecule has 5 nitrogen and oxygen atoms in total. The number of amides is 2. The Morgan fingerprint density at radius 2 is 1.70 bits per heavy atom. The Bertz CT molecular complexity index is 536. The van der Waals surface area contributed by atoms with Crippen LogP contribution < -0.4 is 10.6 Å². The zero-order chi connectivity index (χ0) is 17.6. The molecule has 1 aromatic carbocycles. The van der Waals surface area contributed by atoms with E-state index in [9.17, 15) is 14.7 Å². The maximum atomic E-state index is 11.9. The number of aliphatic hydroxyl groups is 1. The van der Waals surface area contributed by atoms with Gasteiger partial charge in [0.1, 0.15) is 0 Å². The smallest absolute Gasteiger partial charge is 0.313 e. The van der Waals surface area contributed by atoms with Crippen molar-refractivity contribution in [1.29, 1.82) is 0 Å². The molecule has 0 saturated carbocycles. The van der Waals surface area contributed by atoms with Gasteiger partial charge in [0.15, 0.2) is 0 Å². The summed E-state index contributed by atoms with van der Waals surface area (Å²) in [6.45, 7) is 9.84. The Labute approximate surface area is 138 Å². The van der Waals surface area contributed by atoms with Crippen molar-refractivity contribution >= 4 is 17.5 Å². The van der Waals surface area contributed by atoms with E-state index in [-0.39, 0.29) is 12.5 Å². The molecule has 23 heavy (non-hydrogen) atoms. The summed E-state index contributed by atoms with van der Waals surface area (Å²) in [6.07, 6.45) is 0.356. The van der Waals surface area contributed by atoms with E-state index in [0.717, 1.165) is 12.0 Å². The molecule has 0 aliphatic heterocycles. The van der Waals surface area contributed by atoms with Crippen molar-refractivity contribution in [3.63, 3.8) is 0 Å². The van der Waals surface area contributed by atoms with Gasteiger partial charge in [0.2, 0.25) is 0 Å². The zero-order valence-electron chi connectivity index (χ0n) is 14.6. The number of aryl methyl sites for hydroxylation is 1. The van der Waals surface area contributed by atoms with E-state index in [1.165, 1.54) is 0 Å². The van der Waals surface area contributed by atoms with Gasteiger partial charge >= 0.3 is 11.8 Å². The second-order valence-corrected chi connectivity index (χ2v) is 6.86. The van der Waals surface area contributed by atoms with Crippen molar-refractivity contribution < 1.29 is 14.7 Å². The molecule has 1 rings (SSSR count). The van der Waals surface area contributed by atoms with Gasteiger partial charge in [-0.05, 0) is 30.0 Å². The number of hydrogen-bond acceptors (Lipinski definition) is 3. The molecule has 0 aliphatic rings. The lowest BCUT2D eigenvalue weighted by Crippen LogP contribution is -2.46. The van der Waals surface area contributed by atoms with Gasteiger partial charge in [-0.25, -0.2) is 0 Å². The fourth-order valence-electron chi connectivity index (χ4n) is 2.41. The third-order valence-electron chi connectivity index (χ3n) is 3.96. The van der Waals surface area contributed by atoms with Crippen LogP contribution in [-0.2, 0) is 16.0 Å². The summed E-state index contributed by atoms with van der Waals surface area (Å²) in [7, 11) is 0. The summed E-state index contributed by atoms with van der Waals surface area (Å²) in [4.78, 5) is 23.8. The quantitative estimate of drug-likeness (QED) is 0.704. The molecule has 2 amide bonds. The Morgan fingerprint density at radius 1 is 1.13 bits per heavy atom. The molecule has 1 aromatic rings. The molecular formula is C18H28N2O3. The molecule has 128 valence electrons. The minimum absolute atomic E-state index is 0.0767. The van der Waals surface area contributed by atoms with Crippen molar-refractivity contribution in [2.75, 3.05) is 11.9 Å². The number of benzene rings is 1. The average Bonchev–Trinajstić information content (AvgIpc) is 2.52. The molecule has 1 unspecified atom stereocenters. The summed E-state index contributed by atoms with van der Waals surface area (Å²) < 4.78 is 0. The second-order valence-electron chi connectivity index (χ2n) is 6.86. The third-order valence-corrected chi connectivity index (χ3v) is 3.96. The highest BCUT2D eigenvalue weighted by atomic mass is 16.3. The first-order valence-electron chi connectivity index (χ1n) is 8.03. The number of anilines is 1. The molecular weight excluding hydrogens is 292 g/mol. The van der Waals surface area contributed by atoms with Gasteiger partial charge in [0.05, 0.1) is 6.10 Å². The van der Waals surface area contributed by atoms with E-state index >= 15 is 0 Å². The fourth-order valence-corrected chi connectivity index (χ4v) is 2.41. The Hall–Kier alpha value is -1.88. The molecule has 0 saturated heterocycles. The second kappa shape index (κ2) is 8.11. The Balaban J connectivity index is 2.55. The molecule has 0 aromatic heterocycles. The molecule has 0 heterocycles. The SMILES string of the molecule is CCc1ccc(NC(=O)C(=O)NCC(C)(C)C(O)C(C)C)cc1. The number of hydrogen-bond donors (Lipinski definition) is 3. The normalized spacial score (nSPS) is 12.8. The molecule has 0 bridgehead atoms. The zero-order valence-corrected chi connectivity index (χ0v) is 14.6. The third kappa shape index (κ3) is 5.67. The maximum absolute atomic E-state index is 11.9. The lowest BCUT2D eigenvalue weighted by Gasteiger charge is -2.33. The Kier molecular flexibility index (Phi) is 6.76. The summed E-state index contributed by atoms with van der Waals surface area (Å²) in [5, 5.41) is 15.3. The standard InChI is InChI=1S/C18H28N2O3/c1-6-13-7-9-14(10-8-13)20-17(23)16(22)19-11-18(4,5)15(21)12(2)3/h7-10,12,15,21H,6,11H2,1-5H3,(H,19,22)(H,20,23). The van der Waals surface area contributed by atoms with Gasteiger partial charge in [-0.1, -0.05) is 46.8 Å². The molecule has 0 fully saturated rings. The van der Waals surface area contributed by atoms with Gasteiger partial charge < -0.3 is 15.7 Å². The van der Waals surface area contributed by atoms with Crippen LogP contribution >= 0.6 is 0 Å². The van der Waals surface area contributed by atoms with Crippen LogP contribution in [0.2, 0.25) is 0 Å². The van der Waals surface area contributed by atoms with Crippen LogP contribution in [0, 0.1) is 11.3 Å². The number of rotatable bonds is 6. The number of nitrogens with one attached hydrogen (secondary N) is 2. The molecule has 0 spiro atoms. The lowest BCUT2D eigenvalue weighted by atomic mass is 9.81. The van der Waals surface area contributed by atoms with Crippen LogP contribution in [-0.4, -0.2) is 29.6 Å². The van der Waals surface area contributed by atoms with Crippen LogP contribution in [0.3, 0.4) is 0 Å². The monoisotopic (exact) mass is 320 g/mol. The Morgan fingerprint density at radius 3 is 2.17 bits per heavy atom. The molecule has 0 radical (unpaired) electrons. The predicted molar refractivity (Wildman–Crippen MR) is 92.1 cm³/mol. The minimum Gasteiger partial charge on any atom is -0.392 e. The van der Waals surface area contributed by atoms with Crippen molar-refractivity contribution in [3.8, 4) is 0 Å². The van der Waals surface area contributed by atoms with Crippen molar-refractivity contribution in [2.45, 2.75) is 47.1 Å². The number of carbonyl (C=O) groups excluding carboxylic acids is 2. The van der Waals surface area contributed by atoms with Crippen LogP contribution in [0.25, 0.3) is 0 Å². The molecule has 1 atom stereocenters. The maximum Gasteiger partial charge on any atom is 0.313 e. The summed E-state index contributed by atoms with van der Waals surface area (Å²) >= 11 is 0. The van der Waals surface area contributed by atoms with Gasteiger partial charge in [0.25, 0.3) is 0 Å². The molecule has 0 aliphatic carbocycles. The van der Waals surface area contributed by atoms with Crippen molar-refractivity contribution in [1.82, 2.24) is 5.32 Å². The fraction of sp³-hybridized carbons (Fsp3) is 0.556. The largest absolute Gasteiger partial charge is 0.392 e. The first-order valence-corrected chi connectivity index (χ1v) is 8.03. The topological polar surface area (TPSA) is 78.4 Å². The van der Waals surface area contributed by atoms with Crippen molar-refractivity contribution in [2.24, 2.45) is 11.3 Å². The highest BCUT2D eigenvalue weighted by Crippen LogP contribution is 2.25. The highest BCUT2D eigenvalue weighted by molar-refractivity contribution is 6.39. The summed E-state index contributed by atoms with van der Waals surface area (Å²) in [6, 6.07) is 7.37. The van der Waals surface area contributed by atoms with Crippen LogP contribution in [0.5, 0.6) is 0 Å². The molecule has 5 heteroatoms. The molecule has 3 N–H and O–H groups in total. The average molecular weight is 320 g/mol. The van der Waals surface area contributed by atoms with Gasteiger partial charge in [-0.3, -0.25) is 9.59 Å². The summed E-state index contributed by atoms with van der Waals surface area (Å²) in [5.41, 5.74) is 1.24. The number of aliphatic hydroxyl groups excluding tert-OH is 1.